The first-order valence-corrected chi connectivity index (χ1v) is 7.15. The highest BCUT2D eigenvalue weighted by Crippen LogP contribution is 2.32. The predicted octanol–water partition coefficient (Wildman–Crippen LogP) is 4.43. The maximum absolute atomic E-state index is 10.8. The van der Waals surface area contributed by atoms with Gasteiger partial charge in [0.25, 0.3) is 11.4 Å². The molecule has 6 heteroatoms. The fourth-order valence-corrected chi connectivity index (χ4v) is 2.54. The van der Waals surface area contributed by atoms with E-state index in [1.54, 1.807) is 24.3 Å². The summed E-state index contributed by atoms with van der Waals surface area (Å²) >= 11 is 0. The average molecular weight is 320 g/mol. The van der Waals surface area contributed by atoms with Crippen LogP contribution < -0.4 is 0 Å². The van der Waals surface area contributed by atoms with Gasteiger partial charge < -0.3 is 0 Å². The number of non-ortho nitro benzene ring substituents is 2. The smallest absolute Gasteiger partial charge is 0.258 e. The lowest BCUT2D eigenvalue weighted by Gasteiger charge is -2.11. The molecule has 0 spiro atoms. The van der Waals surface area contributed by atoms with E-state index in [0.29, 0.717) is 0 Å². The van der Waals surface area contributed by atoms with E-state index in [0.717, 1.165) is 22.3 Å². The standard InChI is InChI=1S/C18H12N2O4/c21-19(22)16-9-5-14(6-10-16)18(13-3-1-2-4-13)15-7-11-17(12-8-15)20(23)24/h1-12H. The lowest BCUT2D eigenvalue weighted by molar-refractivity contribution is -0.385. The van der Waals surface area contributed by atoms with Gasteiger partial charge in [-0.25, -0.2) is 0 Å². The Labute approximate surface area is 137 Å². The molecule has 0 saturated heterocycles. The van der Waals surface area contributed by atoms with Gasteiger partial charge in [-0.2, -0.15) is 0 Å². The van der Waals surface area contributed by atoms with E-state index in [2.05, 4.69) is 0 Å². The fourth-order valence-electron chi connectivity index (χ4n) is 2.54. The summed E-state index contributed by atoms with van der Waals surface area (Å²) < 4.78 is 0. The van der Waals surface area contributed by atoms with Crippen LogP contribution in [0, 0.1) is 20.2 Å². The minimum Gasteiger partial charge on any atom is -0.258 e. The van der Waals surface area contributed by atoms with Gasteiger partial charge in [0.1, 0.15) is 0 Å². The molecule has 2 aromatic carbocycles. The molecule has 0 saturated carbocycles. The molecule has 0 radical (unpaired) electrons. The van der Waals surface area contributed by atoms with Gasteiger partial charge >= 0.3 is 0 Å². The first kappa shape index (κ1) is 15.4. The van der Waals surface area contributed by atoms with Crippen molar-refractivity contribution in [1.82, 2.24) is 0 Å². The van der Waals surface area contributed by atoms with Crippen LogP contribution in [0.4, 0.5) is 11.4 Å². The van der Waals surface area contributed by atoms with Crippen molar-refractivity contribution in [3.63, 3.8) is 0 Å². The zero-order chi connectivity index (χ0) is 17.1. The number of hydrogen-bond acceptors (Lipinski definition) is 4. The van der Waals surface area contributed by atoms with Crippen molar-refractivity contribution >= 4 is 16.9 Å². The number of benzene rings is 2. The molecule has 1 aliphatic rings. The molecule has 6 nitrogen and oxygen atoms in total. The highest BCUT2D eigenvalue weighted by molar-refractivity contribution is 5.86. The van der Waals surface area contributed by atoms with Crippen LogP contribution in [0.3, 0.4) is 0 Å². The van der Waals surface area contributed by atoms with Gasteiger partial charge in [-0.15, -0.1) is 0 Å². The van der Waals surface area contributed by atoms with Crippen molar-refractivity contribution in [3.05, 3.63) is 110 Å². The summed E-state index contributed by atoms with van der Waals surface area (Å²) in [4.78, 5) is 20.7. The van der Waals surface area contributed by atoms with E-state index in [1.165, 1.54) is 24.3 Å². The Hall–Kier alpha value is -3.54. The second-order valence-corrected chi connectivity index (χ2v) is 5.16. The topological polar surface area (TPSA) is 86.3 Å². The lowest BCUT2D eigenvalue weighted by Crippen LogP contribution is -1.94. The minimum absolute atomic E-state index is 0.0179. The quantitative estimate of drug-likeness (QED) is 0.616. The molecule has 118 valence electrons. The van der Waals surface area contributed by atoms with Crippen molar-refractivity contribution in [2.24, 2.45) is 0 Å². The van der Waals surface area contributed by atoms with Crippen molar-refractivity contribution in [2.45, 2.75) is 0 Å². The molecular weight excluding hydrogens is 308 g/mol. The predicted molar refractivity (Wildman–Crippen MR) is 90.5 cm³/mol. The summed E-state index contributed by atoms with van der Waals surface area (Å²) in [5.74, 6) is 0. The second kappa shape index (κ2) is 6.29. The van der Waals surface area contributed by atoms with Crippen molar-refractivity contribution in [3.8, 4) is 0 Å². The number of nitro benzene ring substituents is 2. The van der Waals surface area contributed by atoms with E-state index in [1.807, 2.05) is 24.3 Å². The SMILES string of the molecule is O=[N+]([O-])c1ccc(C(=C2C=CC=C2)c2ccc([N+](=O)[O-])cc2)cc1. The van der Waals surface area contributed by atoms with Crippen molar-refractivity contribution in [1.29, 1.82) is 0 Å². The summed E-state index contributed by atoms with van der Waals surface area (Å²) in [7, 11) is 0. The van der Waals surface area contributed by atoms with Crippen LogP contribution in [0.2, 0.25) is 0 Å². The zero-order valence-corrected chi connectivity index (χ0v) is 12.5. The number of allylic oxidation sites excluding steroid dienone is 5. The number of nitrogens with zero attached hydrogens (tertiary/aromatic N) is 2. The van der Waals surface area contributed by atoms with Gasteiger partial charge in [0.2, 0.25) is 0 Å². The van der Waals surface area contributed by atoms with Crippen LogP contribution >= 0.6 is 0 Å². The maximum Gasteiger partial charge on any atom is 0.269 e. The summed E-state index contributed by atoms with van der Waals surface area (Å²) in [5.41, 5.74) is 3.46. The molecule has 0 N–H and O–H groups in total. The zero-order valence-electron chi connectivity index (χ0n) is 12.5. The van der Waals surface area contributed by atoms with Crippen LogP contribution in [-0.4, -0.2) is 9.85 Å². The van der Waals surface area contributed by atoms with Gasteiger partial charge in [0.15, 0.2) is 0 Å². The van der Waals surface area contributed by atoms with E-state index in [4.69, 9.17) is 0 Å². The molecule has 0 bridgehead atoms. The van der Waals surface area contributed by atoms with Gasteiger partial charge in [0.05, 0.1) is 9.85 Å². The Balaban J connectivity index is 2.10. The highest BCUT2D eigenvalue weighted by Gasteiger charge is 2.14. The van der Waals surface area contributed by atoms with Gasteiger partial charge in [0, 0.05) is 24.3 Å². The largest absolute Gasteiger partial charge is 0.269 e. The maximum atomic E-state index is 10.8. The lowest BCUT2D eigenvalue weighted by atomic mass is 9.93. The number of rotatable bonds is 4. The van der Waals surface area contributed by atoms with Gasteiger partial charge in [-0.3, -0.25) is 20.2 Å². The molecule has 1 aliphatic carbocycles. The molecule has 0 amide bonds. The normalized spacial score (nSPS) is 12.4. The third-order valence-electron chi connectivity index (χ3n) is 3.68. The average Bonchev–Trinajstić information content (AvgIpc) is 3.10. The molecular formula is C18H12N2O4. The van der Waals surface area contributed by atoms with Gasteiger partial charge in [-0.1, -0.05) is 24.3 Å². The van der Waals surface area contributed by atoms with Crippen LogP contribution in [-0.2, 0) is 0 Å². The van der Waals surface area contributed by atoms with Gasteiger partial charge in [-0.05, 0) is 46.5 Å². The minimum atomic E-state index is -0.447. The summed E-state index contributed by atoms with van der Waals surface area (Å²) in [6.07, 6.45) is 7.65. The molecule has 0 aromatic heterocycles. The Bertz CT molecular complexity index is 818. The van der Waals surface area contributed by atoms with Crippen molar-refractivity contribution < 1.29 is 9.85 Å². The first-order valence-electron chi connectivity index (χ1n) is 7.15. The fraction of sp³-hybridized carbons (Fsp3) is 0. The van der Waals surface area contributed by atoms with E-state index < -0.39 is 9.85 Å². The monoisotopic (exact) mass is 320 g/mol. The second-order valence-electron chi connectivity index (χ2n) is 5.16. The van der Waals surface area contributed by atoms with E-state index >= 15 is 0 Å². The molecule has 0 fully saturated rings. The Morgan fingerprint density at radius 2 is 1.04 bits per heavy atom. The summed E-state index contributed by atoms with van der Waals surface area (Å²) in [6.45, 7) is 0. The van der Waals surface area contributed by atoms with E-state index in [9.17, 15) is 20.2 Å². The number of hydrogen-bond donors (Lipinski definition) is 0. The number of nitro groups is 2. The third kappa shape index (κ3) is 2.98. The molecule has 0 heterocycles. The van der Waals surface area contributed by atoms with Crippen LogP contribution in [0.15, 0.2) is 78.4 Å². The summed E-state index contributed by atoms with van der Waals surface area (Å²) in [5, 5.41) is 21.6. The Morgan fingerprint density at radius 3 is 1.38 bits per heavy atom. The molecule has 2 aromatic rings. The molecule has 3 rings (SSSR count). The summed E-state index contributed by atoms with van der Waals surface area (Å²) in [6, 6.07) is 12.5. The van der Waals surface area contributed by atoms with E-state index in [-0.39, 0.29) is 11.4 Å². The Morgan fingerprint density at radius 1 is 0.667 bits per heavy atom. The third-order valence-corrected chi connectivity index (χ3v) is 3.68. The molecule has 0 aliphatic heterocycles. The van der Waals surface area contributed by atoms with Crippen LogP contribution in [0.1, 0.15) is 11.1 Å². The van der Waals surface area contributed by atoms with Crippen LogP contribution in [0.5, 0.6) is 0 Å². The molecule has 0 atom stereocenters. The molecule has 0 unspecified atom stereocenters. The molecule has 24 heavy (non-hydrogen) atoms. The Kier molecular flexibility index (Phi) is 4.03. The van der Waals surface area contributed by atoms with Crippen molar-refractivity contribution in [2.75, 3.05) is 0 Å². The van der Waals surface area contributed by atoms with Crippen LogP contribution in [0.25, 0.3) is 5.57 Å². The highest BCUT2D eigenvalue weighted by atomic mass is 16.6. The first-order chi connectivity index (χ1) is 11.6.